The van der Waals surface area contributed by atoms with Crippen molar-refractivity contribution in [1.29, 1.82) is 0 Å². The van der Waals surface area contributed by atoms with E-state index in [1.165, 1.54) is 109 Å². The fourth-order valence-electron chi connectivity index (χ4n) is 3.69. The van der Waals surface area contributed by atoms with Gasteiger partial charge in [-0.3, -0.25) is 4.79 Å². The van der Waals surface area contributed by atoms with Crippen molar-refractivity contribution in [3.8, 4) is 0 Å². The Balaban J connectivity index is 3.06. The molecule has 0 saturated heterocycles. The van der Waals surface area contributed by atoms with Crippen LogP contribution in [0.4, 0.5) is 0 Å². The third-order valence-electron chi connectivity index (χ3n) is 5.60. The van der Waals surface area contributed by atoms with Crippen LogP contribution in [0.15, 0.2) is 0 Å². The molecule has 0 aliphatic rings. The number of nitrogens with two attached hydrogens (primary N) is 1. The summed E-state index contributed by atoms with van der Waals surface area (Å²) >= 11 is 0. The summed E-state index contributed by atoms with van der Waals surface area (Å²) in [5, 5.41) is 0. The average Bonchev–Trinajstić information content (AvgIpc) is 2.70. The summed E-state index contributed by atoms with van der Waals surface area (Å²) in [6, 6.07) is 0. The molecule has 2 N–H and O–H groups in total. The van der Waals surface area contributed by atoms with Crippen LogP contribution in [-0.4, -0.2) is 19.1 Å². The Morgan fingerprint density at radius 2 is 0.929 bits per heavy atom. The van der Waals surface area contributed by atoms with Gasteiger partial charge in [0.25, 0.3) is 0 Å². The van der Waals surface area contributed by atoms with Gasteiger partial charge in [0.2, 0.25) is 0 Å². The summed E-state index contributed by atoms with van der Waals surface area (Å²) < 4.78 is 5.10. The molecule has 0 atom stereocenters. The lowest BCUT2D eigenvalue weighted by Crippen LogP contribution is -2.09. The fourth-order valence-corrected chi connectivity index (χ4v) is 3.69. The van der Waals surface area contributed by atoms with Crippen LogP contribution in [0.5, 0.6) is 0 Å². The van der Waals surface area contributed by atoms with Crippen molar-refractivity contribution in [2.24, 2.45) is 5.73 Å². The normalized spacial score (nSPS) is 11.1. The smallest absolute Gasteiger partial charge is 0.305 e. The second kappa shape index (κ2) is 24.5. The van der Waals surface area contributed by atoms with Crippen LogP contribution in [0.1, 0.15) is 142 Å². The van der Waals surface area contributed by atoms with Crippen molar-refractivity contribution in [3.05, 3.63) is 0 Å². The van der Waals surface area contributed by atoms with Crippen LogP contribution in [0.2, 0.25) is 0 Å². The van der Waals surface area contributed by atoms with Gasteiger partial charge in [-0.05, 0) is 19.4 Å². The quantitative estimate of drug-likeness (QED) is 0.142. The molecule has 0 fully saturated rings. The van der Waals surface area contributed by atoms with Crippen LogP contribution in [0, 0.1) is 0 Å². The van der Waals surface area contributed by atoms with E-state index in [9.17, 15) is 4.79 Å². The first-order chi connectivity index (χ1) is 13.8. The van der Waals surface area contributed by atoms with E-state index in [1.807, 2.05) is 0 Å². The van der Waals surface area contributed by atoms with E-state index in [0.717, 1.165) is 19.3 Å². The van der Waals surface area contributed by atoms with E-state index < -0.39 is 0 Å². The van der Waals surface area contributed by atoms with E-state index in [1.54, 1.807) is 0 Å². The van der Waals surface area contributed by atoms with Crippen LogP contribution < -0.4 is 5.73 Å². The number of carbonyl (C=O) groups excluding carboxylic acids is 1. The van der Waals surface area contributed by atoms with Crippen molar-refractivity contribution in [2.45, 2.75) is 142 Å². The molecule has 0 aliphatic carbocycles. The summed E-state index contributed by atoms with van der Waals surface area (Å²) in [6.07, 6.45) is 27.5. The van der Waals surface area contributed by atoms with Crippen molar-refractivity contribution < 1.29 is 9.53 Å². The molecule has 28 heavy (non-hydrogen) atoms. The van der Waals surface area contributed by atoms with Crippen LogP contribution >= 0.6 is 0 Å². The zero-order valence-electron chi connectivity index (χ0n) is 19.2. The van der Waals surface area contributed by atoms with Crippen molar-refractivity contribution >= 4 is 5.97 Å². The van der Waals surface area contributed by atoms with Gasteiger partial charge in [-0.1, -0.05) is 122 Å². The number of hydrogen-bond acceptors (Lipinski definition) is 3. The van der Waals surface area contributed by atoms with Gasteiger partial charge in [-0.15, -0.1) is 0 Å². The van der Waals surface area contributed by atoms with Gasteiger partial charge in [0.15, 0.2) is 0 Å². The van der Waals surface area contributed by atoms with Gasteiger partial charge in [-0.2, -0.15) is 0 Å². The molecule has 0 aliphatic heterocycles. The Morgan fingerprint density at radius 1 is 0.571 bits per heavy atom. The lowest BCUT2D eigenvalue weighted by molar-refractivity contribution is -0.143. The predicted octanol–water partition coefficient (Wildman–Crippen LogP) is 7.70. The Morgan fingerprint density at radius 3 is 1.29 bits per heavy atom. The molecule has 0 aromatic rings. The number of rotatable bonds is 23. The molecule has 0 spiro atoms. The molecule has 3 heteroatoms. The zero-order valence-corrected chi connectivity index (χ0v) is 19.2. The first-order valence-corrected chi connectivity index (χ1v) is 12.7. The molecule has 0 heterocycles. The van der Waals surface area contributed by atoms with Crippen LogP contribution in [-0.2, 0) is 9.53 Å². The number of esters is 1. The molecule has 0 aromatic heterocycles. The standard InChI is InChI=1S/C25H51NO2/c1-2-3-4-5-6-7-8-9-10-11-12-13-14-15-16-17-18-19-20-22-25(27)28-24-21-23-26/h2-24,26H2,1H3. The number of hydrogen-bond donors (Lipinski definition) is 1. The third kappa shape index (κ3) is 23.5. The maximum absolute atomic E-state index is 11.4. The highest BCUT2D eigenvalue weighted by Gasteiger charge is 2.02. The minimum atomic E-state index is -0.0552. The van der Waals surface area contributed by atoms with E-state index in [0.29, 0.717) is 19.6 Å². The first kappa shape index (κ1) is 27.4. The second-order valence-electron chi connectivity index (χ2n) is 8.48. The highest BCUT2D eigenvalue weighted by Crippen LogP contribution is 2.14. The Bertz CT molecular complexity index is 307. The molecule has 0 bridgehead atoms. The molecule has 0 amide bonds. The second-order valence-corrected chi connectivity index (χ2v) is 8.48. The van der Waals surface area contributed by atoms with Gasteiger partial charge >= 0.3 is 5.97 Å². The van der Waals surface area contributed by atoms with E-state index >= 15 is 0 Å². The fraction of sp³-hybridized carbons (Fsp3) is 0.960. The highest BCUT2D eigenvalue weighted by molar-refractivity contribution is 5.69. The molecule has 0 unspecified atom stereocenters. The number of ether oxygens (including phenoxy) is 1. The molecular weight excluding hydrogens is 346 g/mol. The lowest BCUT2D eigenvalue weighted by atomic mass is 10.0. The minimum absolute atomic E-state index is 0.0552. The molecule has 3 nitrogen and oxygen atoms in total. The van der Waals surface area contributed by atoms with E-state index in [4.69, 9.17) is 10.5 Å². The Kier molecular flexibility index (Phi) is 24.0. The topological polar surface area (TPSA) is 52.3 Å². The van der Waals surface area contributed by atoms with E-state index in [-0.39, 0.29) is 5.97 Å². The zero-order chi connectivity index (χ0) is 20.5. The monoisotopic (exact) mass is 397 g/mol. The summed E-state index contributed by atoms with van der Waals surface area (Å²) in [5.41, 5.74) is 5.37. The highest BCUT2D eigenvalue weighted by atomic mass is 16.5. The first-order valence-electron chi connectivity index (χ1n) is 12.7. The Labute approximate surface area is 176 Å². The summed E-state index contributed by atoms with van der Waals surface area (Å²) in [7, 11) is 0. The SMILES string of the molecule is CCCCCCCCCCCCCCCCCCCCCC(=O)OCCCN. The molecule has 0 aromatic carbocycles. The van der Waals surface area contributed by atoms with Crippen molar-refractivity contribution in [1.82, 2.24) is 0 Å². The molecule has 168 valence electrons. The van der Waals surface area contributed by atoms with Gasteiger partial charge in [0, 0.05) is 6.42 Å². The minimum Gasteiger partial charge on any atom is -0.466 e. The summed E-state index contributed by atoms with van der Waals surface area (Å²) in [6.45, 7) is 3.36. The van der Waals surface area contributed by atoms with Crippen LogP contribution in [0.25, 0.3) is 0 Å². The van der Waals surface area contributed by atoms with Gasteiger partial charge in [0.1, 0.15) is 0 Å². The number of carbonyl (C=O) groups is 1. The summed E-state index contributed by atoms with van der Waals surface area (Å²) in [5.74, 6) is -0.0552. The molecule has 0 saturated carbocycles. The Hall–Kier alpha value is -0.570. The van der Waals surface area contributed by atoms with Crippen LogP contribution in [0.3, 0.4) is 0 Å². The maximum atomic E-state index is 11.4. The van der Waals surface area contributed by atoms with Gasteiger partial charge in [0.05, 0.1) is 6.61 Å². The van der Waals surface area contributed by atoms with Crippen molar-refractivity contribution in [2.75, 3.05) is 13.2 Å². The predicted molar refractivity (Wildman–Crippen MR) is 123 cm³/mol. The average molecular weight is 398 g/mol. The number of unbranched alkanes of at least 4 members (excludes halogenated alkanes) is 18. The van der Waals surface area contributed by atoms with Gasteiger partial charge < -0.3 is 10.5 Å². The lowest BCUT2D eigenvalue weighted by Gasteiger charge is -2.05. The summed E-state index contributed by atoms with van der Waals surface area (Å²) in [4.78, 5) is 11.4. The van der Waals surface area contributed by atoms with Crippen molar-refractivity contribution in [3.63, 3.8) is 0 Å². The molecule has 0 radical (unpaired) electrons. The molecule has 0 rings (SSSR count). The third-order valence-corrected chi connectivity index (χ3v) is 5.60. The van der Waals surface area contributed by atoms with Gasteiger partial charge in [-0.25, -0.2) is 0 Å². The van der Waals surface area contributed by atoms with E-state index in [2.05, 4.69) is 6.92 Å². The largest absolute Gasteiger partial charge is 0.466 e. The molecular formula is C25H51NO2. The maximum Gasteiger partial charge on any atom is 0.305 e.